The molecule has 4 rings (SSSR count). The number of benzene rings is 2. The maximum Gasteiger partial charge on any atom is 0.159 e. The SMILES string of the molecule is CC(=O)c1cccc(CN2CC[C@]3(CCCN(Cc4cccc(C)c4)C3)C2)c1. The summed E-state index contributed by atoms with van der Waals surface area (Å²) in [6.07, 6.45) is 3.95. The molecule has 2 heterocycles. The molecule has 2 fully saturated rings. The van der Waals surface area contributed by atoms with Gasteiger partial charge in [0, 0.05) is 31.7 Å². The molecule has 0 amide bonds. The van der Waals surface area contributed by atoms with E-state index < -0.39 is 0 Å². The van der Waals surface area contributed by atoms with Crippen LogP contribution in [0.4, 0.5) is 0 Å². The fourth-order valence-electron chi connectivity index (χ4n) is 5.16. The van der Waals surface area contributed by atoms with Gasteiger partial charge in [0.15, 0.2) is 5.78 Å². The third kappa shape index (κ3) is 4.53. The Labute approximate surface area is 169 Å². The van der Waals surface area contributed by atoms with Crippen LogP contribution in [0, 0.1) is 12.3 Å². The van der Waals surface area contributed by atoms with E-state index in [0.29, 0.717) is 5.41 Å². The molecule has 2 aromatic carbocycles. The fourth-order valence-corrected chi connectivity index (χ4v) is 5.16. The lowest BCUT2D eigenvalue weighted by atomic mass is 9.79. The molecule has 0 aliphatic carbocycles. The van der Waals surface area contributed by atoms with E-state index in [2.05, 4.69) is 53.1 Å². The maximum absolute atomic E-state index is 11.7. The first-order valence-electron chi connectivity index (χ1n) is 10.6. The van der Waals surface area contributed by atoms with Crippen LogP contribution in [0.5, 0.6) is 0 Å². The van der Waals surface area contributed by atoms with Crippen LogP contribution in [0.2, 0.25) is 0 Å². The van der Waals surface area contributed by atoms with Gasteiger partial charge in [-0.25, -0.2) is 0 Å². The molecule has 1 atom stereocenters. The van der Waals surface area contributed by atoms with Crippen molar-refractivity contribution in [3.63, 3.8) is 0 Å². The van der Waals surface area contributed by atoms with Gasteiger partial charge in [0.2, 0.25) is 0 Å². The lowest BCUT2D eigenvalue weighted by Gasteiger charge is -2.40. The summed E-state index contributed by atoms with van der Waals surface area (Å²) in [6.45, 7) is 10.6. The minimum Gasteiger partial charge on any atom is -0.298 e. The number of carbonyl (C=O) groups excluding carboxylic acids is 1. The first kappa shape index (κ1) is 19.4. The number of likely N-dealkylation sites (tertiary alicyclic amines) is 2. The smallest absolute Gasteiger partial charge is 0.159 e. The standard InChI is InChI=1S/C25H32N2O/c1-20-6-3-7-22(14-20)16-26-12-5-10-25(18-26)11-13-27(19-25)17-23-8-4-9-24(15-23)21(2)28/h3-4,6-9,14-15H,5,10-13,16-19H2,1-2H3/t25-/m0/s1. The van der Waals surface area contributed by atoms with Crippen molar-refractivity contribution in [2.75, 3.05) is 26.2 Å². The molecule has 0 saturated carbocycles. The zero-order valence-corrected chi connectivity index (χ0v) is 17.3. The summed E-state index contributed by atoms with van der Waals surface area (Å²) in [5.74, 6) is 0.152. The number of hydrogen-bond donors (Lipinski definition) is 0. The first-order valence-corrected chi connectivity index (χ1v) is 10.6. The Morgan fingerprint density at radius 2 is 1.61 bits per heavy atom. The Kier molecular flexibility index (Phi) is 5.65. The van der Waals surface area contributed by atoms with Crippen LogP contribution in [0.1, 0.15) is 53.2 Å². The Morgan fingerprint density at radius 1 is 0.929 bits per heavy atom. The summed E-state index contributed by atoms with van der Waals surface area (Å²) < 4.78 is 0. The van der Waals surface area contributed by atoms with Crippen molar-refractivity contribution < 1.29 is 4.79 Å². The van der Waals surface area contributed by atoms with Crippen molar-refractivity contribution in [2.45, 2.75) is 46.2 Å². The Morgan fingerprint density at radius 3 is 2.32 bits per heavy atom. The van der Waals surface area contributed by atoms with E-state index in [4.69, 9.17) is 0 Å². The molecule has 2 aliphatic rings. The summed E-state index contributed by atoms with van der Waals surface area (Å²) in [5.41, 5.74) is 5.32. The number of ketones is 1. The van der Waals surface area contributed by atoms with Gasteiger partial charge in [-0.2, -0.15) is 0 Å². The third-order valence-electron chi connectivity index (χ3n) is 6.49. The van der Waals surface area contributed by atoms with Crippen LogP contribution < -0.4 is 0 Å². The molecule has 0 aromatic heterocycles. The fraction of sp³-hybridized carbons (Fsp3) is 0.480. The second-order valence-electron chi connectivity index (χ2n) is 9.02. The highest BCUT2D eigenvalue weighted by atomic mass is 16.1. The van der Waals surface area contributed by atoms with Crippen molar-refractivity contribution in [3.05, 3.63) is 70.8 Å². The lowest BCUT2D eigenvalue weighted by Crippen LogP contribution is -2.44. The highest BCUT2D eigenvalue weighted by Gasteiger charge is 2.41. The van der Waals surface area contributed by atoms with Crippen LogP contribution in [0.3, 0.4) is 0 Å². The normalized spacial score (nSPS) is 23.4. The molecule has 0 N–H and O–H groups in total. The molecular weight excluding hydrogens is 344 g/mol. The number of hydrogen-bond acceptors (Lipinski definition) is 3. The lowest BCUT2D eigenvalue weighted by molar-refractivity contribution is 0.0866. The number of aryl methyl sites for hydroxylation is 1. The minimum atomic E-state index is 0.152. The van der Waals surface area contributed by atoms with Gasteiger partial charge >= 0.3 is 0 Å². The average molecular weight is 377 g/mol. The summed E-state index contributed by atoms with van der Waals surface area (Å²) in [7, 11) is 0. The molecule has 0 radical (unpaired) electrons. The molecule has 1 spiro atoms. The Balaban J connectivity index is 1.38. The van der Waals surface area contributed by atoms with Crippen molar-refractivity contribution in [3.8, 4) is 0 Å². The van der Waals surface area contributed by atoms with Crippen LogP contribution >= 0.6 is 0 Å². The van der Waals surface area contributed by atoms with Gasteiger partial charge in [-0.1, -0.05) is 48.0 Å². The zero-order chi connectivity index (χ0) is 19.6. The Bertz CT molecular complexity index is 846. The summed E-state index contributed by atoms with van der Waals surface area (Å²) in [4.78, 5) is 16.9. The predicted molar refractivity (Wildman–Crippen MR) is 114 cm³/mol. The van der Waals surface area contributed by atoms with Gasteiger partial charge in [0.05, 0.1) is 0 Å². The maximum atomic E-state index is 11.7. The van der Waals surface area contributed by atoms with Crippen molar-refractivity contribution >= 4 is 5.78 Å². The monoisotopic (exact) mass is 376 g/mol. The number of piperidine rings is 1. The highest BCUT2D eigenvalue weighted by Crippen LogP contribution is 2.39. The van der Waals surface area contributed by atoms with Gasteiger partial charge in [-0.05, 0) is 68.8 Å². The number of rotatable bonds is 5. The summed E-state index contributed by atoms with van der Waals surface area (Å²) >= 11 is 0. The second kappa shape index (κ2) is 8.18. The predicted octanol–water partition coefficient (Wildman–Crippen LogP) is 4.69. The summed E-state index contributed by atoms with van der Waals surface area (Å²) in [5, 5.41) is 0. The molecule has 3 heteroatoms. The van der Waals surface area contributed by atoms with Crippen LogP contribution in [0.25, 0.3) is 0 Å². The largest absolute Gasteiger partial charge is 0.298 e. The molecule has 2 saturated heterocycles. The summed E-state index contributed by atoms with van der Waals surface area (Å²) in [6, 6.07) is 17.1. The quantitative estimate of drug-likeness (QED) is 0.708. The zero-order valence-electron chi connectivity index (χ0n) is 17.3. The highest BCUT2D eigenvalue weighted by molar-refractivity contribution is 5.94. The van der Waals surface area contributed by atoms with E-state index >= 15 is 0 Å². The van der Waals surface area contributed by atoms with E-state index in [9.17, 15) is 4.79 Å². The van der Waals surface area contributed by atoms with Crippen molar-refractivity contribution in [1.82, 2.24) is 9.80 Å². The van der Waals surface area contributed by atoms with Gasteiger partial charge < -0.3 is 0 Å². The van der Waals surface area contributed by atoms with Gasteiger partial charge in [0.1, 0.15) is 0 Å². The van der Waals surface area contributed by atoms with Crippen molar-refractivity contribution in [2.24, 2.45) is 5.41 Å². The molecule has 2 aromatic rings. The average Bonchev–Trinajstić information content (AvgIpc) is 3.03. The third-order valence-corrected chi connectivity index (χ3v) is 6.49. The van der Waals surface area contributed by atoms with E-state index in [-0.39, 0.29) is 5.78 Å². The Hall–Kier alpha value is -1.97. The minimum absolute atomic E-state index is 0.152. The topological polar surface area (TPSA) is 23.6 Å². The van der Waals surface area contributed by atoms with Gasteiger partial charge in [-0.15, -0.1) is 0 Å². The molecule has 3 nitrogen and oxygen atoms in total. The molecule has 148 valence electrons. The van der Waals surface area contributed by atoms with Crippen LogP contribution in [-0.2, 0) is 13.1 Å². The molecule has 0 bridgehead atoms. The van der Waals surface area contributed by atoms with Gasteiger partial charge in [-0.3, -0.25) is 14.6 Å². The van der Waals surface area contributed by atoms with Crippen molar-refractivity contribution in [1.29, 1.82) is 0 Å². The van der Waals surface area contributed by atoms with E-state index in [0.717, 1.165) is 18.7 Å². The number of carbonyl (C=O) groups is 1. The number of nitrogens with zero attached hydrogens (tertiary/aromatic N) is 2. The van der Waals surface area contributed by atoms with E-state index in [1.165, 1.54) is 62.1 Å². The van der Waals surface area contributed by atoms with E-state index in [1.54, 1.807) is 6.92 Å². The second-order valence-corrected chi connectivity index (χ2v) is 9.02. The molecule has 0 unspecified atom stereocenters. The first-order chi connectivity index (χ1) is 13.5. The number of Topliss-reactive ketones (excluding diaryl/α,β-unsaturated/α-hetero) is 1. The van der Waals surface area contributed by atoms with Gasteiger partial charge in [0.25, 0.3) is 0 Å². The molecule has 28 heavy (non-hydrogen) atoms. The van der Waals surface area contributed by atoms with Crippen LogP contribution in [-0.4, -0.2) is 41.8 Å². The van der Waals surface area contributed by atoms with Crippen LogP contribution in [0.15, 0.2) is 48.5 Å². The van der Waals surface area contributed by atoms with E-state index in [1.807, 2.05) is 12.1 Å². The molecular formula is C25H32N2O. The molecule has 2 aliphatic heterocycles.